The van der Waals surface area contributed by atoms with Crippen molar-refractivity contribution in [1.29, 1.82) is 0 Å². The van der Waals surface area contributed by atoms with E-state index in [0.717, 1.165) is 0 Å². The number of phosphoric ester groups is 1. The fourth-order valence-electron chi connectivity index (χ4n) is 3.09. The van der Waals surface area contributed by atoms with Crippen molar-refractivity contribution in [2.24, 2.45) is 0 Å². The van der Waals surface area contributed by atoms with Gasteiger partial charge in [0.25, 0.3) is 15.6 Å². The molecule has 0 aromatic carbocycles. The molecule has 0 amide bonds. The van der Waals surface area contributed by atoms with E-state index in [4.69, 9.17) is 9.63 Å². The molecule has 7 unspecified atom stereocenters. The minimum atomic E-state index is -6.01. The molecular weight excluding hydrogens is 561 g/mol. The summed E-state index contributed by atoms with van der Waals surface area (Å²) in [6.45, 7) is -0.985. The maximum atomic E-state index is 11.8. The van der Waals surface area contributed by atoms with Gasteiger partial charge in [0, 0.05) is 12.4 Å². The molecule has 3 aromatic heterocycles. The van der Waals surface area contributed by atoms with Gasteiger partial charge in [-0.25, -0.2) is 28.1 Å². The van der Waals surface area contributed by atoms with Crippen molar-refractivity contribution in [2.45, 2.75) is 24.5 Å². The molecule has 0 saturated carbocycles. The average molecular weight is 575 g/mol. The van der Waals surface area contributed by atoms with Gasteiger partial charge in [-0.1, -0.05) is 0 Å². The number of fused-ring (bicyclic) bond motifs is 3. The second-order valence-corrected chi connectivity index (χ2v) is 10.9. The van der Waals surface area contributed by atoms with Crippen LogP contribution in [-0.4, -0.2) is 68.8 Å². The number of aliphatic hydroxyl groups excluding tert-OH is 2. The first-order valence-corrected chi connectivity index (χ1v) is 13.1. The van der Waals surface area contributed by atoms with E-state index in [1.807, 2.05) is 0 Å². The third kappa shape index (κ3) is 7.28. The van der Waals surface area contributed by atoms with E-state index < -0.39 is 54.6 Å². The van der Waals surface area contributed by atoms with Crippen LogP contribution in [-0.2, 0) is 31.6 Å². The molecular formula is C12H14N5Na2O13P3. The zero-order valence-corrected chi connectivity index (χ0v) is 24.5. The van der Waals surface area contributed by atoms with E-state index in [1.54, 1.807) is 10.6 Å². The van der Waals surface area contributed by atoms with Crippen LogP contribution in [0.3, 0.4) is 0 Å². The molecule has 1 aliphatic heterocycles. The summed E-state index contributed by atoms with van der Waals surface area (Å²) >= 11 is 0. The number of hydrogen-bond acceptors (Lipinski definition) is 14. The summed E-state index contributed by atoms with van der Waals surface area (Å²) in [5.41, 5.74) is 1.05. The van der Waals surface area contributed by atoms with Crippen LogP contribution in [0.4, 0.5) is 0 Å². The number of aliphatic hydroxyl groups is 2. The maximum Gasteiger partial charge on any atom is 1.00 e. The first-order chi connectivity index (χ1) is 15.3. The number of rotatable bonds is 8. The predicted octanol–water partition coefficient (Wildman–Crippen LogP) is -8.21. The predicted molar refractivity (Wildman–Crippen MR) is 97.6 cm³/mol. The summed E-state index contributed by atoms with van der Waals surface area (Å²) in [4.78, 5) is 52.1. The number of hydrogen-bond donors (Lipinski definition) is 4. The fourth-order valence-corrected chi connectivity index (χ4v) is 6.02. The summed E-state index contributed by atoms with van der Waals surface area (Å²) in [5.74, 6) is 0. The Kier molecular flexibility index (Phi) is 10.5. The minimum absolute atomic E-state index is 0. The molecule has 35 heavy (non-hydrogen) atoms. The van der Waals surface area contributed by atoms with Crippen molar-refractivity contribution < 1.29 is 120 Å². The molecule has 23 heteroatoms. The molecule has 7 atom stereocenters. The van der Waals surface area contributed by atoms with Crippen LogP contribution >= 0.6 is 23.5 Å². The van der Waals surface area contributed by atoms with Crippen LogP contribution in [0.1, 0.15) is 6.23 Å². The molecule has 1 fully saturated rings. The summed E-state index contributed by atoms with van der Waals surface area (Å²) in [7, 11) is -17.4. The van der Waals surface area contributed by atoms with Crippen LogP contribution in [0.5, 0.6) is 0 Å². The summed E-state index contributed by atoms with van der Waals surface area (Å²) in [6, 6.07) is 0. The van der Waals surface area contributed by atoms with Gasteiger partial charge in [0.15, 0.2) is 23.0 Å². The third-order valence-electron chi connectivity index (χ3n) is 4.37. The Morgan fingerprint density at radius 2 is 1.69 bits per heavy atom. The first kappa shape index (κ1) is 31.6. The Balaban J connectivity index is 0.00000216. The second kappa shape index (κ2) is 11.6. The summed E-state index contributed by atoms with van der Waals surface area (Å²) in [5, 5.41) is 20.6. The molecule has 4 rings (SSSR count). The molecule has 1 saturated heterocycles. The van der Waals surface area contributed by atoms with Crippen molar-refractivity contribution >= 4 is 40.3 Å². The Labute approximate surface area is 239 Å². The van der Waals surface area contributed by atoms with Gasteiger partial charge in [0.1, 0.15) is 24.6 Å². The monoisotopic (exact) mass is 575 g/mol. The first-order valence-electron chi connectivity index (χ1n) is 8.67. The van der Waals surface area contributed by atoms with Gasteiger partial charge < -0.3 is 34.5 Å². The van der Waals surface area contributed by atoms with E-state index >= 15 is 0 Å². The van der Waals surface area contributed by atoms with E-state index in [2.05, 4.69) is 28.1 Å². The molecule has 1 aliphatic rings. The molecule has 0 spiro atoms. The van der Waals surface area contributed by atoms with Crippen molar-refractivity contribution in [3.8, 4) is 0 Å². The van der Waals surface area contributed by atoms with Gasteiger partial charge in [-0.05, 0) is 0 Å². The van der Waals surface area contributed by atoms with Gasteiger partial charge in [-0.3, -0.25) is 22.6 Å². The van der Waals surface area contributed by atoms with Crippen LogP contribution in [0.25, 0.3) is 16.8 Å². The molecule has 4 heterocycles. The molecule has 4 N–H and O–H groups in total. The number of nitrogens with zero attached hydrogens (tertiary/aromatic N) is 5. The smallest absolute Gasteiger partial charge is 0.756 e. The quantitative estimate of drug-likeness (QED) is 0.144. The Hall–Kier alpha value is 0.380. The fraction of sp³-hybridized carbons (Fsp3) is 0.417. The zero-order valence-electron chi connectivity index (χ0n) is 17.9. The maximum absolute atomic E-state index is 11.8. The van der Waals surface area contributed by atoms with Crippen molar-refractivity contribution in [3.63, 3.8) is 0 Å². The number of ether oxygens (including phenoxy) is 1. The summed E-state index contributed by atoms with van der Waals surface area (Å²) in [6.07, 6.45) is -0.190. The van der Waals surface area contributed by atoms with Crippen LogP contribution in [0.15, 0.2) is 25.0 Å². The van der Waals surface area contributed by atoms with Crippen LogP contribution in [0, 0.1) is 0 Å². The number of phosphoric acid groups is 3. The number of imidazole rings is 2. The minimum Gasteiger partial charge on any atom is -0.756 e. The van der Waals surface area contributed by atoms with E-state index in [9.17, 15) is 38.6 Å². The Bertz CT molecular complexity index is 1330. The topological polar surface area (TPSA) is 263 Å². The normalized spacial score (nSPS) is 27.5. The average Bonchev–Trinajstić information content (AvgIpc) is 3.35. The largest absolute Gasteiger partial charge is 1.00 e. The zero-order chi connectivity index (χ0) is 24.2. The van der Waals surface area contributed by atoms with Crippen molar-refractivity contribution in [3.05, 3.63) is 25.0 Å². The van der Waals surface area contributed by atoms with Gasteiger partial charge >= 0.3 is 66.9 Å². The summed E-state index contributed by atoms with van der Waals surface area (Å²) < 4.78 is 53.1. The Morgan fingerprint density at radius 1 is 1.00 bits per heavy atom. The molecule has 0 radical (unpaired) electrons. The molecule has 0 bridgehead atoms. The standard InChI is InChI=1S/C12H16N5O13P3.2Na/c18-8-6(3-27-32(23,24)30-33(25,26)29-31(20,21)22)28-12(9(8)19)17-5-14-7-10-13-1-2-16(10)4-15-11(7)17;;/h1-2,4-6,8-9,12,18-19H,3H2,(H,23,24)(H,25,26)(H2,20,21,22);;/q;2*+1/p-2. The van der Waals surface area contributed by atoms with Crippen LogP contribution in [0.2, 0.25) is 0 Å². The van der Waals surface area contributed by atoms with Gasteiger partial charge in [-0.15, -0.1) is 0 Å². The molecule has 18 nitrogen and oxygen atoms in total. The molecule has 0 aliphatic carbocycles. The van der Waals surface area contributed by atoms with E-state index in [0.29, 0.717) is 11.2 Å². The van der Waals surface area contributed by atoms with Gasteiger partial charge in [0.05, 0.1) is 12.9 Å². The van der Waals surface area contributed by atoms with Crippen molar-refractivity contribution in [2.75, 3.05) is 6.61 Å². The van der Waals surface area contributed by atoms with Gasteiger partial charge in [-0.2, -0.15) is 0 Å². The molecule has 182 valence electrons. The third-order valence-corrected chi connectivity index (χ3v) is 8.10. The van der Waals surface area contributed by atoms with Crippen molar-refractivity contribution in [1.82, 2.24) is 23.9 Å². The van der Waals surface area contributed by atoms with Crippen LogP contribution < -0.4 is 68.9 Å². The Morgan fingerprint density at radius 3 is 2.34 bits per heavy atom. The van der Waals surface area contributed by atoms with E-state index in [1.165, 1.54) is 23.4 Å². The van der Waals surface area contributed by atoms with E-state index in [-0.39, 0.29) is 64.8 Å². The number of aromatic nitrogens is 5. The second-order valence-electron chi connectivity index (χ2n) is 6.62. The SMILES string of the molecule is O=P([O-])(O)OP(=O)([O-])OP(=O)(O)OCC1OC(n2cnc3c2ncn2ccnc32)C(O)C1O.[Na+].[Na+]. The molecule has 3 aromatic rings. The van der Waals surface area contributed by atoms with Gasteiger partial charge in [0.2, 0.25) is 0 Å².